The highest BCUT2D eigenvalue weighted by molar-refractivity contribution is 9.10. The lowest BCUT2D eigenvalue weighted by Gasteiger charge is -2.25. The molecule has 0 N–H and O–H groups in total. The number of rotatable bonds is 8. The molecule has 0 saturated carbocycles. The number of allylic oxidation sites excluding steroid dienone is 1. The van der Waals surface area contributed by atoms with Gasteiger partial charge in [0.2, 0.25) is 0 Å². The van der Waals surface area contributed by atoms with E-state index in [0.717, 1.165) is 5.56 Å². The smallest absolute Gasteiger partial charge is 0.338 e. The Balaban J connectivity index is 1.92. The standard InChI is InChI=1S/C27H24BrClN2O5S/c1-5-11-36-24-18(28)12-16(13-20(24)34-4)14-21-25(32)31-23(17-9-7-8-10-19(17)29)22(26(33)35-6-2)15(3)30-27(31)37-21/h5,7-10,12-14,23H,1,6,11H2,2-4H3/b21-14-/t23-/m1/s1. The van der Waals surface area contributed by atoms with Crippen molar-refractivity contribution in [3.63, 3.8) is 0 Å². The highest BCUT2D eigenvalue weighted by Gasteiger charge is 2.34. The number of esters is 1. The summed E-state index contributed by atoms with van der Waals surface area (Å²) < 4.78 is 19.1. The van der Waals surface area contributed by atoms with Crippen molar-refractivity contribution in [2.45, 2.75) is 19.9 Å². The van der Waals surface area contributed by atoms with E-state index >= 15 is 0 Å². The molecule has 0 spiro atoms. The van der Waals surface area contributed by atoms with Gasteiger partial charge in [-0.05, 0) is 65.2 Å². The number of hydrogen-bond donors (Lipinski definition) is 0. The molecule has 192 valence electrons. The van der Waals surface area contributed by atoms with Crippen LogP contribution in [0.3, 0.4) is 0 Å². The van der Waals surface area contributed by atoms with Crippen molar-refractivity contribution in [3.8, 4) is 11.5 Å². The Hall–Kier alpha value is -3.14. The molecule has 7 nitrogen and oxygen atoms in total. The van der Waals surface area contributed by atoms with Crippen LogP contribution in [0, 0.1) is 0 Å². The van der Waals surface area contributed by atoms with E-state index < -0.39 is 12.0 Å². The zero-order valence-corrected chi connectivity index (χ0v) is 23.6. The average molecular weight is 604 g/mol. The van der Waals surface area contributed by atoms with Crippen LogP contribution in [-0.4, -0.2) is 30.9 Å². The van der Waals surface area contributed by atoms with Crippen LogP contribution in [0.4, 0.5) is 0 Å². The lowest BCUT2D eigenvalue weighted by atomic mass is 9.96. The van der Waals surface area contributed by atoms with Crippen molar-refractivity contribution < 1.29 is 19.0 Å². The number of fused-ring (bicyclic) bond motifs is 1. The second kappa shape index (κ2) is 11.5. The van der Waals surface area contributed by atoms with Crippen molar-refractivity contribution in [1.29, 1.82) is 0 Å². The minimum atomic E-state index is -0.776. The Morgan fingerprint density at radius 3 is 2.76 bits per heavy atom. The number of thiazole rings is 1. The molecule has 37 heavy (non-hydrogen) atoms. The first-order chi connectivity index (χ1) is 17.8. The quantitative estimate of drug-likeness (QED) is 0.273. The van der Waals surface area contributed by atoms with Crippen LogP contribution in [0.1, 0.15) is 31.0 Å². The van der Waals surface area contributed by atoms with Gasteiger partial charge in [-0.15, -0.1) is 0 Å². The van der Waals surface area contributed by atoms with Gasteiger partial charge in [-0.25, -0.2) is 9.79 Å². The number of carbonyl (C=O) groups excluding carboxylic acids is 1. The summed E-state index contributed by atoms with van der Waals surface area (Å²) in [6, 6.07) is 9.97. The fourth-order valence-corrected chi connectivity index (χ4v) is 5.90. The van der Waals surface area contributed by atoms with Gasteiger partial charge in [-0.2, -0.15) is 0 Å². The Morgan fingerprint density at radius 2 is 2.08 bits per heavy atom. The molecule has 0 bridgehead atoms. The maximum absolute atomic E-state index is 13.8. The maximum Gasteiger partial charge on any atom is 0.338 e. The summed E-state index contributed by atoms with van der Waals surface area (Å²) in [6.07, 6.45) is 3.39. The van der Waals surface area contributed by atoms with Crippen LogP contribution < -0.4 is 24.4 Å². The predicted octanol–water partition coefficient (Wildman–Crippen LogP) is 4.79. The van der Waals surface area contributed by atoms with Gasteiger partial charge in [0.15, 0.2) is 16.3 Å². The summed E-state index contributed by atoms with van der Waals surface area (Å²) in [4.78, 5) is 31.8. The van der Waals surface area contributed by atoms with Crippen LogP contribution in [0.25, 0.3) is 6.08 Å². The molecule has 1 aliphatic rings. The molecule has 1 atom stereocenters. The minimum absolute atomic E-state index is 0.193. The summed E-state index contributed by atoms with van der Waals surface area (Å²) >= 11 is 11.3. The Kier molecular flexibility index (Phi) is 8.36. The molecule has 0 saturated heterocycles. The van der Waals surface area contributed by atoms with E-state index in [4.69, 9.17) is 25.8 Å². The molecule has 2 aromatic carbocycles. The first kappa shape index (κ1) is 26.9. The number of methoxy groups -OCH3 is 1. The highest BCUT2D eigenvalue weighted by Crippen LogP contribution is 2.37. The number of nitrogens with zero attached hydrogens (tertiary/aromatic N) is 2. The van der Waals surface area contributed by atoms with Gasteiger partial charge in [0.25, 0.3) is 5.56 Å². The van der Waals surface area contributed by atoms with Crippen LogP contribution in [-0.2, 0) is 9.53 Å². The van der Waals surface area contributed by atoms with Crippen LogP contribution in [0.2, 0.25) is 5.02 Å². The lowest BCUT2D eigenvalue weighted by Crippen LogP contribution is -2.40. The van der Waals surface area contributed by atoms with Crippen LogP contribution in [0.15, 0.2) is 74.6 Å². The summed E-state index contributed by atoms with van der Waals surface area (Å²) in [7, 11) is 1.55. The van der Waals surface area contributed by atoms with Crippen molar-refractivity contribution in [2.75, 3.05) is 20.3 Å². The van der Waals surface area contributed by atoms with Gasteiger partial charge in [0, 0.05) is 5.02 Å². The summed E-state index contributed by atoms with van der Waals surface area (Å²) in [5, 5.41) is 0.433. The fraction of sp³-hybridized carbons (Fsp3) is 0.222. The molecule has 3 aromatic rings. The molecule has 2 heterocycles. The van der Waals surface area contributed by atoms with E-state index in [0.29, 0.717) is 48.2 Å². The topological polar surface area (TPSA) is 79.1 Å². The molecule has 0 radical (unpaired) electrons. The summed E-state index contributed by atoms with van der Waals surface area (Å²) in [5.74, 6) is 0.505. The second-order valence-electron chi connectivity index (χ2n) is 7.96. The first-order valence-electron chi connectivity index (χ1n) is 11.4. The minimum Gasteiger partial charge on any atom is -0.493 e. The summed E-state index contributed by atoms with van der Waals surface area (Å²) in [5.41, 5.74) is 1.79. The number of aromatic nitrogens is 1. The zero-order chi connectivity index (χ0) is 26.7. The monoisotopic (exact) mass is 602 g/mol. The van der Waals surface area contributed by atoms with Gasteiger partial charge in [-0.3, -0.25) is 9.36 Å². The van der Waals surface area contributed by atoms with E-state index in [-0.39, 0.29) is 17.7 Å². The van der Waals surface area contributed by atoms with E-state index in [1.165, 1.54) is 15.9 Å². The predicted molar refractivity (Wildman–Crippen MR) is 148 cm³/mol. The lowest BCUT2D eigenvalue weighted by molar-refractivity contribution is -0.139. The van der Waals surface area contributed by atoms with Crippen molar-refractivity contribution in [2.24, 2.45) is 4.99 Å². The van der Waals surface area contributed by atoms with Crippen LogP contribution in [0.5, 0.6) is 11.5 Å². The third kappa shape index (κ3) is 5.30. The molecular weight excluding hydrogens is 580 g/mol. The van der Waals surface area contributed by atoms with Crippen molar-refractivity contribution in [1.82, 2.24) is 4.57 Å². The van der Waals surface area contributed by atoms with Crippen molar-refractivity contribution in [3.05, 3.63) is 101 Å². The van der Waals surface area contributed by atoms with Gasteiger partial charge in [0.05, 0.1) is 34.0 Å². The third-order valence-corrected chi connectivity index (χ3v) is 7.53. The number of benzene rings is 2. The average Bonchev–Trinajstić information content (AvgIpc) is 3.17. The zero-order valence-electron chi connectivity index (χ0n) is 20.4. The molecule has 1 aliphatic heterocycles. The molecule has 1 aromatic heterocycles. The number of ether oxygens (including phenoxy) is 3. The van der Waals surface area contributed by atoms with E-state index in [1.54, 1.807) is 57.4 Å². The van der Waals surface area contributed by atoms with Crippen LogP contribution >= 0.6 is 38.9 Å². The molecular formula is C27H24BrClN2O5S. The van der Waals surface area contributed by atoms with Gasteiger partial charge in [0.1, 0.15) is 12.6 Å². The normalized spacial score (nSPS) is 15.2. The fourth-order valence-electron chi connectivity index (χ4n) is 4.04. The second-order valence-corrected chi connectivity index (χ2v) is 10.2. The highest BCUT2D eigenvalue weighted by atomic mass is 79.9. The van der Waals surface area contributed by atoms with E-state index in [1.807, 2.05) is 12.1 Å². The molecule has 0 amide bonds. The molecule has 0 unspecified atom stereocenters. The molecule has 0 aliphatic carbocycles. The Bertz CT molecular complexity index is 1590. The number of halogens is 2. The maximum atomic E-state index is 13.8. The van der Waals surface area contributed by atoms with Gasteiger partial charge >= 0.3 is 5.97 Å². The largest absolute Gasteiger partial charge is 0.493 e. The Morgan fingerprint density at radius 1 is 1.32 bits per heavy atom. The summed E-state index contributed by atoms with van der Waals surface area (Å²) in [6.45, 7) is 7.64. The SMILES string of the molecule is C=CCOc1c(Br)cc(/C=c2\sc3n(c2=O)[C@H](c2ccccc2Cl)C(C(=O)OCC)=C(C)N=3)cc1OC. The van der Waals surface area contributed by atoms with E-state index in [2.05, 4.69) is 27.5 Å². The number of carbonyl (C=O) groups is 1. The number of hydrogen-bond acceptors (Lipinski definition) is 7. The first-order valence-corrected chi connectivity index (χ1v) is 13.3. The van der Waals surface area contributed by atoms with Gasteiger partial charge < -0.3 is 14.2 Å². The molecule has 10 heteroatoms. The van der Waals surface area contributed by atoms with E-state index in [9.17, 15) is 9.59 Å². The Labute approximate surface area is 231 Å². The van der Waals surface area contributed by atoms with Gasteiger partial charge in [-0.1, -0.05) is 53.8 Å². The van der Waals surface area contributed by atoms with Crippen molar-refractivity contribution >= 4 is 50.9 Å². The molecule has 4 rings (SSSR count). The third-order valence-electron chi connectivity index (χ3n) is 5.61. The molecule has 0 fully saturated rings.